The molecule has 0 aromatic carbocycles. The van der Waals surface area contributed by atoms with Gasteiger partial charge in [-0.15, -0.1) is 12.4 Å². The zero-order valence-corrected chi connectivity index (χ0v) is 14.7. The number of likely N-dealkylation sites (tertiary alicyclic amines) is 2. The summed E-state index contributed by atoms with van der Waals surface area (Å²) in [7, 11) is 0. The highest BCUT2D eigenvalue weighted by atomic mass is 35.5. The Kier molecular flexibility index (Phi) is 6.56. The Labute approximate surface area is 151 Å². The Bertz CT molecular complexity index is 500. The molecular formula is C15H24ClF3N4O2. The van der Waals surface area contributed by atoms with E-state index in [4.69, 9.17) is 0 Å². The Balaban J connectivity index is 0.00000225. The van der Waals surface area contributed by atoms with Crippen LogP contribution in [0.1, 0.15) is 12.8 Å². The normalized spacial score (nSPS) is 28.4. The van der Waals surface area contributed by atoms with Gasteiger partial charge >= 0.3 is 6.18 Å². The van der Waals surface area contributed by atoms with Crippen LogP contribution in [-0.4, -0.2) is 91.1 Å². The predicted octanol–water partition coefficient (Wildman–Crippen LogP) is 0.325. The molecule has 0 saturated carbocycles. The molecule has 144 valence electrons. The molecule has 3 aliphatic heterocycles. The van der Waals surface area contributed by atoms with Crippen LogP contribution in [0.3, 0.4) is 0 Å². The fraction of sp³-hybridized carbons (Fsp3) is 0.867. The average molecular weight is 385 g/mol. The molecule has 0 bridgehead atoms. The summed E-state index contributed by atoms with van der Waals surface area (Å²) in [4.78, 5) is 29.1. The molecule has 10 heteroatoms. The summed E-state index contributed by atoms with van der Waals surface area (Å²) in [6, 6.07) is 0.319. The molecule has 2 amide bonds. The fourth-order valence-electron chi connectivity index (χ4n) is 3.85. The maximum absolute atomic E-state index is 12.6. The van der Waals surface area contributed by atoms with Crippen LogP contribution in [0.4, 0.5) is 13.2 Å². The van der Waals surface area contributed by atoms with E-state index in [2.05, 4.69) is 10.2 Å². The van der Waals surface area contributed by atoms with E-state index in [1.807, 2.05) is 0 Å². The number of nitrogens with one attached hydrogen (secondary N) is 1. The lowest BCUT2D eigenvalue weighted by Crippen LogP contribution is -2.49. The molecule has 25 heavy (non-hydrogen) atoms. The van der Waals surface area contributed by atoms with Crippen molar-refractivity contribution in [2.24, 2.45) is 5.92 Å². The summed E-state index contributed by atoms with van der Waals surface area (Å²) < 4.78 is 37.4. The second-order valence-corrected chi connectivity index (χ2v) is 6.80. The van der Waals surface area contributed by atoms with Gasteiger partial charge in [-0.2, -0.15) is 13.2 Å². The smallest absolute Gasteiger partial charge is 0.341 e. The average Bonchev–Trinajstić information content (AvgIpc) is 3.14. The molecule has 0 spiro atoms. The van der Waals surface area contributed by atoms with E-state index in [0.717, 1.165) is 37.5 Å². The third-order valence-electron chi connectivity index (χ3n) is 5.08. The lowest BCUT2D eigenvalue weighted by molar-refractivity contribution is -0.157. The molecular weight excluding hydrogens is 361 g/mol. The molecule has 0 aromatic rings. The van der Waals surface area contributed by atoms with E-state index < -0.39 is 24.5 Å². The largest absolute Gasteiger partial charge is 0.406 e. The molecule has 0 aromatic heterocycles. The first kappa shape index (κ1) is 20.3. The van der Waals surface area contributed by atoms with E-state index in [-0.39, 0.29) is 31.3 Å². The quantitative estimate of drug-likeness (QED) is 0.761. The van der Waals surface area contributed by atoms with Gasteiger partial charge in [0.2, 0.25) is 11.8 Å². The topological polar surface area (TPSA) is 55.9 Å². The predicted molar refractivity (Wildman–Crippen MR) is 87.4 cm³/mol. The molecule has 0 radical (unpaired) electrons. The van der Waals surface area contributed by atoms with Gasteiger partial charge in [-0.05, 0) is 6.42 Å². The van der Waals surface area contributed by atoms with Gasteiger partial charge in [0.05, 0.1) is 5.92 Å². The van der Waals surface area contributed by atoms with Crippen molar-refractivity contribution in [1.82, 2.24) is 20.0 Å². The van der Waals surface area contributed by atoms with Crippen molar-refractivity contribution in [3.8, 4) is 0 Å². The molecule has 2 atom stereocenters. The van der Waals surface area contributed by atoms with Crippen LogP contribution in [0.25, 0.3) is 0 Å². The van der Waals surface area contributed by atoms with Crippen molar-refractivity contribution in [1.29, 1.82) is 0 Å². The maximum Gasteiger partial charge on any atom is 0.406 e. The summed E-state index contributed by atoms with van der Waals surface area (Å²) in [5, 5.41) is 3.29. The van der Waals surface area contributed by atoms with Crippen LogP contribution in [0.15, 0.2) is 0 Å². The SMILES string of the molecule is Cl.O=C1CC(C(=O)N2CCC(N3CCNCC3)C2)CN1CC(F)(F)F. The summed E-state index contributed by atoms with van der Waals surface area (Å²) in [5.74, 6) is -1.39. The Morgan fingerprint density at radius 3 is 2.48 bits per heavy atom. The van der Waals surface area contributed by atoms with Crippen molar-refractivity contribution < 1.29 is 22.8 Å². The Hall–Kier alpha value is -1.06. The van der Waals surface area contributed by atoms with E-state index in [1.54, 1.807) is 4.90 Å². The molecule has 1 N–H and O–H groups in total. The number of alkyl halides is 3. The van der Waals surface area contributed by atoms with E-state index in [0.29, 0.717) is 19.1 Å². The van der Waals surface area contributed by atoms with Gasteiger partial charge in [0.15, 0.2) is 0 Å². The van der Waals surface area contributed by atoms with E-state index in [1.165, 1.54) is 0 Å². The second kappa shape index (κ2) is 8.09. The van der Waals surface area contributed by atoms with Crippen molar-refractivity contribution in [3.05, 3.63) is 0 Å². The number of rotatable bonds is 3. The zero-order valence-electron chi connectivity index (χ0n) is 13.9. The summed E-state index contributed by atoms with van der Waals surface area (Å²) in [6.45, 7) is 3.63. The van der Waals surface area contributed by atoms with Crippen LogP contribution in [0.5, 0.6) is 0 Å². The lowest BCUT2D eigenvalue weighted by Gasteiger charge is -2.32. The van der Waals surface area contributed by atoms with Crippen molar-refractivity contribution in [2.75, 3.05) is 52.4 Å². The van der Waals surface area contributed by atoms with Crippen LogP contribution < -0.4 is 5.32 Å². The number of amides is 2. The third-order valence-corrected chi connectivity index (χ3v) is 5.08. The van der Waals surface area contributed by atoms with Gasteiger partial charge in [0.25, 0.3) is 0 Å². The van der Waals surface area contributed by atoms with Crippen LogP contribution in [0.2, 0.25) is 0 Å². The third kappa shape index (κ3) is 4.98. The molecule has 3 saturated heterocycles. The number of carbonyl (C=O) groups is 2. The summed E-state index contributed by atoms with van der Waals surface area (Å²) >= 11 is 0. The molecule has 0 aliphatic carbocycles. The second-order valence-electron chi connectivity index (χ2n) is 6.80. The van der Waals surface area contributed by atoms with Gasteiger partial charge in [-0.1, -0.05) is 0 Å². The highest BCUT2D eigenvalue weighted by Gasteiger charge is 2.43. The molecule has 3 heterocycles. The minimum atomic E-state index is -4.42. The van der Waals surface area contributed by atoms with Gasteiger partial charge < -0.3 is 15.1 Å². The van der Waals surface area contributed by atoms with E-state index in [9.17, 15) is 22.8 Å². The minimum absolute atomic E-state index is 0. The van der Waals surface area contributed by atoms with Crippen molar-refractivity contribution in [3.63, 3.8) is 0 Å². The highest BCUT2D eigenvalue weighted by Crippen LogP contribution is 2.27. The first-order valence-electron chi connectivity index (χ1n) is 8.41. The van der Waals surface area contributed by atoms with Crippen LogP contribution in [0, 0.1) is 5.92 Å². The number of hydrogen-bond donors (Lipinski definition) is 1. The number of piperazine rings is 1. The molecule has 3 fully saturated rings. The van der Waals surface area contributed by atoms with Crippen molar-refractivity contribution in [2.45, 2.75) is 25.1 Å². The molecule has 3 rings (SSSR count). The first-order chi connectivity index (χ1) is 11.3. The van der Waals surface area contributed by atoms with Gasteiger partial charge in [-0.3, -0.25) is 14.5 Å². The number of hydrogen-bond acceptors (Lipinski definition) is 4. The number of nitrogens with zero attached hydrogens (tertiary/aromatic N) is 3. The highest BCUT2D eigenvalue weighted by molar-refractivity contribution is 5.89. The zero-order chi connectivity index (χ0) is 17.3. The number of carbonyl (C=O) groups excluding carboxylic acids is 2. The van der Waals surface area contributed by atoms with Crippen molar-refractivity contribution >= 4 is 24.2 Å². The van der Waals surface area contributed by atoms with Gasteiger partial charge in [-0.25, -0.2) is 0 Å². The standard InChI is InChI=1S/C15H23F3N4O2.ClH/c16-15(17,18)10-22-8-11(7-13(22)23)14(24)21-4-1-12(9-21)20-5-2-19-3-6-20;/h11-12,19H,1-10H2;1H. The number of halogens is 4. The monoisotopic (exact) mass is 384 g/mol. The molecule has 6 nitrogen and oxygen atoms in total. The summed E-state index contributed by atoms with van der Waals surface area (Å²) in [6.07, 6.45) is -3.64. The lowest BCUT2D eigenvalue weighted by atomic mass is 10.1. The molecule has 2 unspecified atom stereocenters. The minimum Gasteiger partial charge on any atom is -0.341 e. The fourth-order valence-corrected chi connectivity index (χ4v) is 3.85. The Morgan fingerprint density at radius 2 is 1.84 bits per heavy atom. The molecule has 3 aliphatic rings. The van der Waals surface area contributed by atoms with Gasteiger partial charge in [0.1, 0.15) is 6.54 Å². The Morgan fingerprint density at radius 1 is 1.16 bits per heavy atom. The maximum atomic E-state index is 12.6. The first-order valence-corrected chi connectivity index (χ1v) is 8.41. The van der Waals surface area contributed by atoms with Crippen LogP contribution in [-0.2, 0) is 9.59 Å². The summed E-state index contributed by atoms with van der Waals surface area (Å²) in [5.41, 5.74) is 0. The van der Waals surface area contributed by atoms with Crippen LogP contribution >= 0.6 is 12.4 Å². The van der Waals surface area contributed by atoms with E-state index >= 15 is 0 Å². The van der Waals surface area contributed by atoms with Gasteiger partial charge in [0, 0.05) is 58.3 Å².